The number of nitrogens with one attached hydrogen (secondary N) is 1. The molecule has 0 aliphatic carbocycles. The Bertz CT molecular complexity index is 279. The van der Waals surface area contributed by atoms with Gasteiger partial charge in [-0.05, 0) is 25.9 Å². The van der Waals surface area contributed by atoms with E-state index < -0.39 is 9.84 Å². The molecular formula is C8H16ClNO3S. The standard InChI is InChI=1S/C8H15NO3S.ClH/c10-13(11)6-5-12-8(7-13)1-3-9-4-2-8;/h9H,1-7H2;1H. The van der Waals surface area contributed by atoms with Gasteiger partial charge in [-0.2, -0.15) is 0 Å². The molecule has 0 radical (unpaired) electrons. The molecule has 0 bridgehead atoms. The maximum absolute atomic E-state index is 11.4. The number of hydrogen-bond donors (Lipinski definition) is 1. The summed E-state index contributed by atoms with van der Waals surface area (Å²) in [5.74, 6) is 0.420. The zero-order chi connectivity index (χ0) is 9.36. The Morgan fingerprint density at radius 1 is 1.21 bits per heavy atom. The fraction of sp³-hybridized carbons (Fsp3) is 1.00. The van der Waals surface area contributed by atoms with Gasteiger partial charge in [0.1, 0.15) is 0 Å². The predicted octanol–water partition coefficient (Wildman–Crippen LogP) is -0.0246. The van der Waals surface area contributed by atoms with Crippen LogP contribution in [-0.4, -0.2) is 45.2 Å². The van der Waals surface area contributed by atoms with Crippen LogP contribution in [0.1, 0.15) is 12.8 Å². The van der Waals surface area contributed by atoms with Gasteiger partial charge in [0.25, 0.3) is 0 Å². The summed E-state index contributed by atoms with van der Waals surface area (Å²) in [4.78, 5) is 0. The quantitative estimate of drug-likeness (QED) is 0.648. The van der Waals surface area contributed by atoms with Crippen LogP contribution in [0.5, 0.6) is 0 Å². The summed E-state index contributed by atoms with van der Waals surface area (Å²) in [6.45, 7) is 2.12. The van der Waals surface area contributed by atoms with Crippen LogP contribution in [0, 0.1) is 0 Å². The minimum Gasteiger partial charge on any atom is -0.373 e. The molecule has 0 aromatic rings. The molecule has 2 heterocycles. The first-order valence-electron chi connectivity index (χ1n) is 4.67. The number of rotatable bonds is 0. The average molecular weight is 242 g/mol. The molecule has 2 aliphatic heterocycles. The first kappa shape index (κ1) is 12.2. The third-order valence-corrected chi connectivity index (χ3v) is 4.55. The minimum absolute atomic E-state index is 0. The number of ether oxygens (including phenoxy) is 1. The fourth-order valence-electron chi connectivity index (χ4n) is 2.07. The van der Waals surface area contributed by atoms with E-state index in [0.717, 1.165) is 25.9 Å². The van der Waals surface area contributed by atoms with Gasteiger partial charge in [-0.3, -0.25) is 0 Å². The Labute approximate surface area is 90.7 Å². The zero-order valence-electron chi connectivity index (χ0n) is 7.99. The molecule has 2 fully saturated rings. The highest BCUT2D eigenvalue weighted by atomic mass is 35.5. The van der Waals surface area contributed by atoms with Crippen LogP contribution in [0.4, 0.5) is 0 Å². The largest absolute Gasteiger partial charge is 0.373 e. The molecule has 6 heteroatoms. The summed E-state index contributed by atoms with van der Waals surface area (Å²) in [7, 11) is -2.84. The smallest absolute Gasteiger partial charge is 0.155 e. The van der Waals surface area contributed by atoms with Gasteiger partial charge in [0.05, 0.1) is 23.7 Å². The third kappa shape index (κ3) is 2.59. The molecule has 0 atom stereocenters. The number of piperidine rings is 1. The van der Waals surface area contributed by atoms with Crippen molar-refractivity contribution in [1.29, 1.82) is 0 Å². The monoisotopic (exact) mass is 241 g/mol. The Morgan fingerprint density at radius 3 is 2.43 bits per heavy atom. The van der Waals surface area contributed by atoms with Crippen LogP contribution in [0.2, 0.25) is 0 Å². The average Bonchev–Trinajstić information content (AvgIpc) is 2.03. The number of halogens is 1. The summed E-state index contributed by atoms with van der Waals surface area (Å²) < 4.78 is 28.5. The summed E-state index contributed by atoms with van der Waals surface area (Å²) in [6.07, 6.45) is 1.65. The van der Waals surface area contributed by atoms with Crippen LogP contribution in [0.15, 0.2) is 0 Å². The van der Waals surface area contributed by atoms with E-state index >= 15 is 0 Å². The minimum atomic E-state index is -2.84. The lowest BCUT2D eigenvalue weighted by Gasteiger charge is -2.39. The number of sulfone groups is 1. The Hall–Kier alpha value is 0.160. The van der Waals surface area contributed by atoms with Crippen molar-refractivity contribution in [2.24, 2.45) is 0 Å². The highest BCUT2D eigenvalue weighted by Crippen LogP contribution is 2.28. The van der Waals surface area contributed by atoms with Gasteiger partial charge in [-0.1, -0.05) is 0 Å². The van der Waals surface area contributed by atoms with Gasteiger partial charge in [-0.15, -0.1) is 12.4 Å². The molecule has 14 heavy (non-hydrogen) atoms. The topological polar surface area (TPSA) is 55.4 Å². The van der Waals surface area contributed by atoms with E-state index in [1.807, 2.05) is 0 Å². The number of hydrogen-bond acceptors (Lipinski definition) is 4. The lowest BCUT2D eigenvalue weighted by atomic mass is 9.94. The van der Waals surface area contributed by atoms with E-state index in [1.165, 1.54) is 0 Å². The first-order chi connectivity index (χ1) is 6.12. The fourth-order valence-corrected chi connectivity index (χ4v) is 3.73. The Balaban J connectivity index is 0.000000980. The van der Waals surface area contributed by atoms with Gasteiger partial charge in [0.2, 0.25) is 0 Å². The summed E-state index contributed by atoms with van der Waals surface area (Å²) in [5, 5.41) is 3.21. The second kappa shape index (κ2) is 4.35. The van der Waals surface area contributed by atoms with E-state index in [2.05, 4.69) is 5.32 Å². The molecule has 2 rings (SSSR count). The van der Waals surface area contributed by atoms with Gasteiger partial charge >= 0.3 is 0 Å². The molecule has 2 saturated heterocycles. The molecule has 2 aliphatic rings. The molecule has 84 valence electrons. The molecule has 1 spiro atoms. The van der Waals surface area contributed by atoms with Crippen molar-refractivity contribution < 1.29 is 13.2 Å². The van der Waals surface area contributed by atoms with Gasteiger partial charge < -0.3 is 10.1 Å². The summed E-state index contributed by atoms with van der Waals surface area (Å²) in [5.41, 5.74) is -0.359. The second-order valence-electron chi connectivity index (χ2n) is 3.87. The van der Waals surface area contributed by atoms with Crippen molar-refractivity contribution in [3.8, 4) is 0 Å². The molecule has 0 saturated carbocycles. The molecule has 0 aromatic heterocycles. The highest BCUT2D eigenvalue weighted by molar-refractivity contribution is 7.91. The summed E-state index contributed by atoms with van der Waals surface area (Å²) in [6, 6.07) is 0. The highest BCUT2D eigenvalue weighted by Gasteiger charge is 2.40. The normalized spacial score (nSPS) is 29.4. The zero-order valence-corrected chi connectivity index (χ0v) is 9.62. The van der Waals surface area contributed by atoms with Crippen molar-refractivity contribution in [3.05, 3.63) is 0 Å². The third-order valence-electron chi connectivity index (χ3n) is 2.80. The predicted molar refractivity (Wildman–Crippen MR) is 56.7 cm³/mol. The molecule has 0 amide bonds. The van der Waals surface area contributed by atoms with Crippen LogP contribution < -0.4 is 5.32 Å². The van der Waals surface area contributed by atoms with Gasteiger partial charge in [-0.25, -0.2) is 8.42 Å². The van der Waals surface area contributed by atoms with E-state index in [4.69, 9.17) is 4.74 Å². The Kier molecular flexibility index (Phi) is 3.80. The van der Waals surface area contributed by atoms with E-state index in [-0.39, 0.29) is 29.5 Å². The van der Waals surface area contributed by atoms with Crippen molar-refractivity contribution in [2.75, 3.05) is 31.2 Å². The van der Waals surface area contributed by atoms with Crippen molar-refractivity contribution >= 4 is 22.2 Å². The Morgan fingerprint density at radius 2 is 1.86 bits per heavy atom. The van der Waals surface area contributed by atoms with Crippen LogP contribution >= 0.6 is 12.4 Å². The first-order valence-corrected chi connectivity index (χ1v) is 6.49. The molecular weight excluding hydrogens is 226 g/mol. The van der Waals surface area contributed by atoms with Gasteiger partial charge in [0, 0.05) is 0 Å². The molecule has 0 unspecified atom stereocenters. The molecule has 0 aromatic carbocycles. The van der Waals surface area contributed by atoms with Crippen LogP contribution in [0.3, 0.4) is 0 Å². The lowest BCUT2D eigenvalue weighted by Crippen LogP contribution is -2.52. The van der Waals surface area contributed by atoms with E-state index in [1.54, 1.807) is 0 Å². The van der Waals surface area contributed by atoms with Gasteiger partial charge in [0.15, 0.2) is 9.84 Å². The van der Waals surface area contributed by atoms with Crippen LogP contribution in [0.25, 0.3) is 0 Å². The SMILES string of the molecule is Cl.O=S1(=O)CCOC2(CCNCC2)C1. The lowest BCUT2D eigenvalue weighted by molar-refractivity contribution is -0.0478. The van der Waals surface area contributed by atoms with Crippen molar-refractivity contribution in [1.82, 2.24) is 5.32 Å². The molecule has 1 N–H and O–H groups in total. The van der Waals surface area contributed by atoms with E-state index in [0.29, 0.717) is 6.61 Å². The maximum Gasteiger partial charge on any atom is 0.155 e. The summed E-state index contributed by atoms with van der Waals surface area (Å²) >= 11 is 0. The second-order valence-corrected chi connectivity index (χ2v) is 6.06. The molecule has 4 nitrogen and oxygen atoms in total. The van der Waals surface area contributed by atoms with Crippen molar-refractivity contribution in [3.63, 3.8) is 0 Å². The van der Waals surface area contributed by atoms with Crippen LogP contribution in [-0.2, 0) is 14.6 Å². The van der Waals surface area contributed by atoms with E-state index in [9.17, 15) is 8.42 Å². The maximum atomic E-state index is 11.4. The van der Waals surface area contributed by atoms with Crippen molar-refractivity contribution in [2.45, 2.75) is 18.4 Å².